The molecule has 4 rings (SSSR count). The van der Waals surface area contributed by atoms with E-state index in [0.717, 1.165) is 24.2 Å². The SMILES string of the molecule is CC1(C)[C@@H]2CC[C@@]1(C)[C@H]1O[C@H](O[C@@H](C=O)c3ccccc3)C[C@@H]21. The third-order valence-corrected chi connectivity index (χ3v) is 7.22. The standard InChI is InChI=1S/C20H26O3/c1-19(2)15-9-10-20(19,3)18-14(15)11-17(23-18)22-16(12-21)13-7-5-4-6-8-13/h4-8,12,14-18H,9-11H2,1-3H3/t14-,15+,16-,17-,18-,20-/m0/s1. The highest BCUT2D eigenvalue weighted by atomic mass is 16.7. The van der Waals surface area contributed by atoms with E-state index in [2.05, 4.69) is 20.8 Å². The van der Waals surface area contributed by atoms with Crippen LogP contribution in [-0.2, 0) is 14.3 Å². The first-order chi connectivity index (χ1) is 11.0. The lowest BCUT2D eigenvalue weighted by atomic mass is 9.70. The summed E-state index contributed by atoms with van der Waals surface area (Å²) < 4.78 is 12.4. The van der Waals surface area contributed by atoms with E-state index >= 15 is 0 Å². The molecule has 0 amide bonds. The fourth-order valence-corrected chi connectivity index (χ4v) is 5.57. The molecule has 3 nitrogen and oxygen atoms in total. The summed E-state index contributed by atoms with van der Waals surface area (Å²) in [6, 6.07) is 9.68. The fraction of sp³-hybridized carbons (Fsp3) is 0.650. The molecule has 2 saturated carbocycles. The van der Waals surface area contributed by atoms with Crippen molar-refractivity contribution >= 4 is 6.29 Å². The smallest absolute Gasteiger partial charge is 0.159 e. The maximum atomic E-state index is 11.5. The van der Waals surface area contributed by atoms with Gasteiger partial charge in [-0.15, -0.1) is 0 Å². The Morgan fingerprint density at radius 3 is 2.65 bits per heavy atom. The van der Waals surface area contributed by atoms with Crippen LogP contribution in [0.3, 0.4) is 0 Å². The van der Waals surface area contributed by atoms with E-state index in [4.69, 9.17) is 9.47 Å². The zero-order valence-electron chi connectivity index (χ0n) is 14.2. The summed E-state index contributed by atoms with van der Waals surface area (Å²) in [5, 5.41) is 0. The van der Waals surface area contributed by atoms with Gasteiger partial charge in [-0.25, -0.2) is 0 Å². The Bertz CT molecular complexity index is 596. The summed E-state index contributed by atoms with van der Waals surface area (Å²) in [5.41, 5.74) is 1.48. The van der Waals surface area contributed by atoms with Crippen molar-refractivity contribution in [2.75, 3.05) is 0 Å². The van der Waals surface area contributed by atoms with Crippen LogP contribution in [0.25, 0.3) is 0 Å². The third kappa shape index (κ3) is 2.06. The maximum absolute atomic E-state index is 11.5. The predicted molar refractivity (Wildman–Crippen MR) is 87.7 cm³/mol. The zero-order valence-corrected chi connectivity index (χ0v) is 14.2. The van der Waals surface area contributed by atoms with Crippen molar-refractivity contribution in [2.45, 2.75) is 58.5 Å². The third-order valence-electron chi connectivity index (χ3n) is 7.22. The van der Waals surface area contributed by atoms with Gasteiger partial charge < -0.3 is 14.3 Å². The topological polar surface area (TPSA) is 35.5 Å². The van der Waals surface area contributed by atoms with Crippen LogP contribution in [0.15, 0.2) is 30.3 Å². The summed E-state index contributed by atoms with van der Waals surface area (Å²) >= 11 is 0. The fourth-order valence-electron chi connectivity index (χ4n) is 5.57. The van der Waals surface area contributed by atoms with Gasteiger partial charge in [-0.05, 0) is 41.1 Å². The molecule has 1 heterocycles. The van der Waals surface area contributed by atoms with Gasteiger partial charge >= 0.3 is 0 Å². The van der Waals surface area contributed by atoms with Crippen molar-refractivity contribution in [3.05, 3.63) is 35.9 Å². The van der Waals surface area contributed by atoms with E-state index in [9.17, 15) is 4.79 Å². The maximum Gasteiger partial charge on any atom is 0.159 e. The second-order valence-electron chi connectivity index (χ2n) is 8.27. The molecule has 0 aromatic heterocycles. The van der Waals surface area contributed by atoms with Crippen molar-refractivity contribution in [3.63, 3.8) is 0 Å². The molecule has 1 aromatic carbocycles. The van der Waals surface area contributed by atoms with Crippen LogP contribution < -0.4 is 0 Å². The minimum atomic E-state index is -0.529. The molecule has 2 aliphatic carbocycles. The normalized spacial score (nSPS) is 41.7. The molecule has 124 valence electrons. The molecule has 1 saturated heterocycles. The van der Waals surface area contributed by atoms with E-state index in [1.165, 1.54) is 12.8 Å². The highest BCUT2D eigenvalue weighted by Crippen LogP contribution is 2.71. The highest BCUT2D eigenvalue weighted by molar-refractivity contribution is 5.59. The summed E-state index contributed by atoms with van der Waals surface area (Å²) in [4.78, 5) is 11.5. The minimum absolute atomic E-state index is 0.240. The number of hydrogen-bond acceptors (Lipinski definition) is 3. The van der Waals surface area contributed by atoms with Gasteiger partial charge in [0.1, 0.15) is 6.10 Å². The summed E-state index contributed by atoms with van der Waals surface area (Å²) in [7, 11) is 0. The van der Waals surface area contributed by atoms with Crippen LogP contribution in [-0.4, -0.2) is 18.7 Å². The molecule has 2 bridgehead atoms. The average Bonchev–Trinajstić information content (AvgIpc) is 3.11. The number of ether oxygens (including phenoxy) is 2. The summed E-state index contributed by atoms with van der Waals surface area (Å²) in [5.74, 6) is 1.30. The summed E-state index contributed by atoms with van der Waals surface area (Å²) in [6.07, 6.45) is 3.85. The molecular formula is C20H26O3. The molecule has 0 radical (unpaired) electrons. The van der Waals surface area contributed by atoms with Gasteiger partial charge in [0.05, 0.1) is 6.10 Å². The van der Waals surface area contributed by atoms with Gasteiger partial charge in [-0.2, -0.15) is 0 Å². The number of carbonyl (C=O) groups excluding carboxylic acids is 1. The number of hydrogen-bond donors (Lipinski definition) is 0. The minimum Gasteiger partial charge on any atom is -0.348 e. The van der Waals surface area contributed by atoms with Crippen molar-refractivity contribution in [3.8, 4) is 0 Å². The van der Waals surface area contributed by atoms with Crippen LogP contribution in [0.4, 0.5) is 0 Å². The number of carbonyl (C=O) groups is 1. The molecule has 23 heavy (non-hydrogen) atoms. The molecule has 0 unspecified atom stereocenters. The molecule has 6 atom stereocenters. The predicted octanol–water partition coefficient (Wildman–Crippen LogP) is 4.13. The molecule has 0 spiro atoms. The number of benzene rings is 1. The van der Waals surface area contributed by atoms with Gasteiger partial charge in [0.15, 0.2) is 12.6 Å². The number of rotatable bonds is 4. The zero-order chi connectivity index (χ0) is 16.2. The van der Waals surface area contributed by atoms with Gasteiger partial charge in [0, 0.05) is 6.42 Å². The van der Waals surface area contributed by atoms with Gasteiger partial charge in [0.25, 0.3) is 0 Å². The lowest BCUT2D eigenvalue weighted by molar-refractivity contribution is -0.186. The number of fused-ring (bicyclic) bond motifs is 5. The van der Waals surface area contributed by atoms with Crippen LogP contribution in [0.1, 0.15) is 51.7 Å². The highest BCUT2D eigenvalue weighted by Gasteiger charge is 2.69. The summed E-state index contributed by atoms with van der Waals surface area (Å²) in [6.45, 7) is 7.19. The van der Waals surface area contributed by atoms with E-state index in [1.54, 1.807) is 0 Å². The lowest BCUT2D eigenvalue weighted by Gasteiger charge is -2.38. The average molecular weight is 314 g/mol. The first kappa shape index (κ1) is 15.3. The first-order valence-electron chi connectivity index (χ1n) is 8.78. The largest absolute Gasteiger partial charge is 0.348 e. The molecule has 3 heteroatoms. The van der Waals surface area contributed by atoms with E-state index < -0.39 is 6.10 Å². The van der Waals surface area contributed by atoms with Crippen LogP contribution in [0, 0.1) is 22.7 Å². The van der Waals surface area contributed by atoms with Gasteiger partial charge in [0.2, 0.25) is 0 Å². The monoisotopic (exact) mass is 314 g/mol. The van der Waals surface area contributed by atoms with Crippen molar-refractivity contribution < 1.29 is 14.3 Å². The van der Waals surface area contributed by atoms with Gasteiger partial charge in [-0.1, -0.05) is 51.1 Å². The quantitative estimate of drug-likeness (QED) is 0.784. The Morgan fingerprint density at radius 2 is 2.00 bits per heavy atom. The Labute approximate surface area is 138 Å². The van der Waals surface area contributed by atoms with Crippen LogP contribution in [0.5, 0.6) is 0 Å². The Kier molecular flexibility index (Phi) is 3.44. The second-order valence-corrected chi connectivity index (χ2v) is 8.27. The molecule has 3 fully saturated rings. The van der Waals surface area contributed by atoms with Gasteiger partial charge in [-0.3, -0.25) is 0 Å². The molecule has 0 N–H and O–H groups in total. The molecule has 1 aromatic rings. The Hall–Kier alpha value is -1.19. The second kappa shape index (κ2) is 5.15. The van der Waals surface area contributed by atoms with Crippen molar-refractivity contribution in [1.82, 2.24) is 0 Å². The lowest BCUT2D eigenvalue weighted by Crippen LogP contribution is -2.38. The van der Waals surface area contributed by atoms with Crippen LogP contribution in [0.2, 0.25) is 0 Å². The molecule has 1 aliphatic heterocycles. The van der Waals surface area contributed by atoms with E-state index in [-0.39, 0.29) is 17.8 Å². The number of aldehydes is 1. The van der Waals surface area contributed by atoms with E-state index in [1.807, 2.05) is 30.3 Å². The van der Waals surface area contributed by atoms with E-state index in [0.29, 0.717) is 11.3 Å². The Morgan fingerprint density at radius 1 is 1.26 bits per heavy atom. The first-order valence-corrected chi connectivity index (χ1v) is 8.78. The van der Waals surface area contributed by atoms with Crippen molar-refractivity contribution in [2.24, 2.45) is 22.7 Å². The van der Waals surface area contributed by atoms with Crippen molar-refractivity contribution in [1.29, 1.82) is 0 Å². The molecular weight excluding hydrogens is 288 g/mol. The molecule has 3 aliphatic rings. The Balaban J connectivity index is 1.50. The van der Waals surface area contributed by atoms with Crippen LogP contribution >= 0.6 is 0 Å².